The first-order valence-corrected chi connectivity index (χ1v) is 5.64. The quantitative estimate of drug-likeness (QED) is 0.656. The summed E-state index contributed by atoms with van der Waals surface area (Å²) in [6, 6.07) is 9.97. The van der Waals surface area contributed by atoms with Crippen molar-refractivity contribution in [3.05, 3.63) is 46.7 Å². The Morgan fingerprint density at radius 3 is 2.88 bits per heavy atom. The Labute approximate surface area is 96.9 Å². The number of benzene rings is 1. The van der Waals surface area contributed by atoms with Crippen LogP contribution in [0.1, 0.15) is 4.88 Å². The van der Waals surface area contributed by atoms with Gasteiger partial charge < -0.3 is 9.84 Å². The van der Waals surface area contributed by atoms with Gasteiger partial charge in [0.1, 0.15) is 11.5 Å². The number of thiophene rings is 1. The van der Waals surface area contributed by atoms with Crippen LogP contribution in [0.25, 0.3) is 0 Å². The van der Waals surface area contributed by atoms with Crippen LogP contribution in [0.15, 0.2) is 41.8 Å². The summed E-state index contributed by atoms with van der Waals surface area (Å²) in [5, 5.41) is 11.1. The number of hydrogen-bond acceptors (Lipinski definition) is 4. The fraction of sp³-hybridized carbons (Fsp3) is 0.0833. The summed E-state index contributed by atoms with van der Waals surface area (Å²) in [6.45, 7) is 0. The van der Waals surface area contributed by atoms with Gasteiger partial charge in [-0.2, -0.15) is 0 Å². The van der Waals surface area contributed by atoms with E-state index in [0.717, 1.165) is 4.88 Å². The van der Waals surface area contributed by atoms with E-state index in [2.05, 4.69) is 0 Å². The SMILES string of the molecule is O=C(Cc1cccs1)Oc1cccc(O)c1. The summed E-state index contributed by atoms with van der Waals surface area (Å²) in [4.78, 5) is 12.5. The van der Waals surface area contributed by atoms with Gasteiger partial charge in [0.25, 0.3) is 0 Å². The lowest BCUT2D eigenvalue weighted by Crippen LogP contribution is -2.10. The van der Waals surface area contributed by atoms with Gasteiger partial charge in [0, 0.05) is 10.9 Å². The highest BCUT2D eigenvalue weighted by Crippen LogP contribution is 2.18. The zero-order valence-corrected chi connectivity index (χ0v) is 9.24. The minimum atomic E-state index is -0.326. The molecule has 2 aromatic rings. The Hall–Kier alpha value is -1.81. The van der Waals surface area contributed by atoms with Crippen LogP contribution in [0, 0.1) is 0 Å². The van der Waals surface area contributed by atoms with Crippen molar-refractivity contribution in [3.8, 4) is 11.5 Å². The molecule has 3 nitrogen and oxygen atoms in total. The molecule has 1 aromatic heterocycles. The molecule has 0 unspecified atom stereocenters. The molecule has 0 aliphatic carbocycles. The molecule has 16 heavy (non-hydrogen) atoms. The molecule has 0 aliphatic rings. The van der Waals surface area contributed by atoms with E-state index in [1.807, 2.05) is 17.5 Å². The fourth-order valence-electron chi connectivity index (χ4n) is 1.27. The second-order valence-electron chi connectivity index (χ2n) is 3.23. The second kappa shape index (κ2) is 4.81. The molecule has 0 radical (unpaired) electrons. The van der Waals surface area contributed by atoms with Gasteiger partial charge in [-0.15, -0.1) is 11.3 Å². The highest BCUT2D eigenvalue weighted by atomic mass is 32.1. The number of ether oxygens (including phenoxy) is 1. The lowest BCUT2D eigenvalue weighted by atomic mass is 10.3. The summed E-state index contributed by atoms with van der Waals surface area (Å²) >= 11 is 1.51. The zero-order valence-electron chi connectivity index (χ0n) is 8.42. The molecule has 0 bridgehead atoms. The third-order valence-corrected chi connectivity index (χ3v) is 2.82. The number of carbonyl (C=O) groups is 1. The molecule has 4 heteroatoms. The molecule has 2 rings (SSSR count). The highest BCUT2D eigenvalue weighted by molar-refractivity contribution is 7.10. The van der Waals surface area contributed by atoms with Crippen molar-refractivity contribution in [2.75, 3.05) is 0 Å². The number of esters is 1. The molecule has 0 atom stereocenters. The van der Waals surface area contributed by atoms with Gasteiger partial charge in [0.15, 0.2) is 0 Å². The number of rotatable bonds is 3. The van der Waals surface area contributed by atoms with E-state index < -0.39 is 0 Å². The third-order valence-electron chi connectivity index (χ3n) is 1.95. The maximum absolute atomic E-state index is 11.5. The van der Waals surface area contributed by atoms with E-state index >= 15 is 0 Å². The molecule has 1 aromatic carbocycles. The van der Waals surface area contributed by atoms with Crippen LogP contribution in [0.4, 0.5) is 0 Å². The molecule has 0 aliphatic heterocycles. The van der Waals surface area contributed by atoms with Crippen LogP contribution in [-0.4, -0.2) is 11.1 Å². The first kappa shape index (κ1) is 10.7. The normalized spacial score (nSPS) is 10.0. The van der Waals surface area contributed by atoms with Crippen LogP contribution in [0.3, 0.4) is 0 Å². The molecule has 0 saturated heterocycles. The first-order chi connectivity index (χ1) is 7.74. The Bertz CT molecular complexity index is 477. The van der Waals surface area contributed by atoms with E-state index in [1.54, 1.807) is 12.1 Å². The van der Waals surface area contributed by atoms with Crippen molar-refractivity contribution in [1.82, 2.24) is 0 Å². The molecule has 1 N–H and O–H groups in total. The fourth-order valence-corrected chi connectivity index (χ4v) is 1.96. The highest BCUT2D eigenvalue weighted by Gasteiger charge is 2.07. The van der Waals surface area contributed by atoms with Gasteiger partial charge in [-0.05, 0) is 23.6 Å². The van der Waals surface area contributed by atoms with E-state index in [1.165, 1.54) is 23.5 Å². The summed E-state index contributed by atoms with van der Waals surface area (Å²) in [7, 11) is 0. The van der Waals surface area contributed by atoms with E-state index in [0.29, 0.717) is 5.75 Å². The van der Waals surface area contributed by atoms with Crippen molar-refractivity contribution in [1.29, 1.82) is 0 Å². The zero-order chi connectivity index (χ0) is 11.4. The Morgan fingerprint density at radius 1 is 1.31 bits per heavy atom. The molecule has 0 spiro atoms. The summed E-state index contributed by atoms with van der Waals surface area (Å²) < 4.78 is 5.08. The number of aromatic hydroxyl groups is 1. The predicted octanol–water partition coefficient (Wildman–Crippen LogP) is 2.60. The predicted molar refractivity (Wildman–Crippen MR) is 61.8 cm³/mol. The monoisotopic (exact) mass is 234 g/mol. The van der Waals surface area contributed by atoms with Crippen molar-refractivity contribution in [2.45, 2.75) is 6.42 Å². The van der Waals surface area contributed by atoms with Gasteiger partial charge in [0.2, 0.25) is 0 Å². The van der Waals surface area contributed by atoms with Gasteiger partial charge in [0.05, 0.1) is 6.42 Å². The number of phenols is 1. The Balaban J connectivity index is 1.97. The number of carbonyl (C=O) groups excluding carboxylic acids is 1. The standard InChI is InChI=1S/C12H10O3S/c13-9-3-1-4-10(7-9)15-12(14)8-11-5-2-6-16-11/h1-7,13H,8H2. The maximum Gasteiger partial charge on any atom is 0.316 e. The number of hydrogen-bond donors (Lipinski definition) is 1. The third kappa shape index (κ3) is 2.84. The van der Waals surface area contributed by atoms with Crippen LogP contribution < -0.4 is 4.74 Å². The lowest BCUT2D eigenvalue weighted by Gasteiger charge is -2.03. The van der Waals surface area contributed by atoms with Crippen molar-refractivity contribution in [2.24, 2.45) is 0 Å². The Morgan fingerprint density at radius 2 is 2.19 bits per heavy atom. The van der Waals surface area contributed by atoms with E-state index in [9.17, 15) is 9.90 Å². The molecule has 1 heterocycles. The average molecular weight is 234 g/mol. The molecule has 0 amide bonds. The molecular weight excluding hydrogens is 224 g/mol. The lowest BCUT2D eigenvalue weighted by molar-refractivity contribution is -0.133. The van der Waals surface area contributed by atoms with Crippen LogP contribution in [0.2, 0.25) is 0 Å². The topological polar surface area (TPSA) is 46.5 Å². The number of phenolic OH excluding ortho intramolecular Hbond substituents is 1. The Kier molecular flexibility index (Phi) is 3.22. The van der Waals surface area contributed by atoms with Crippen LogP contribution >= 0.6 is 11.3 Å². The second-order valence-corrected chi connectivity index (χ2v) is 4.26. The van der Waals surface area contributed by atoms with E-state index in [-0.39, 0.29) is 18.1 Å². The summed E-state index contributed by atoms with van der Waals surface area (Å²) in [6.07, 6.45) is 0.257. The summed E-state index contributed by atoms with van der Waals surface area (Å²) in [5.74, 6) is 0.121. The van der Waals surface area contributed by atoms with Gasteiger partial charge >= 0.3 is 5.97 Å². The minimum Gasteiger partial charge on any atom is -0.508 e. The van der Waals surface area contributed by atoms with Crippen LogP contribution in [-0.2, 0) is 11.2 Å². The van der Waals surface area contributed by atoms with Crippen molar-refractivity contribution >= 4 is 17.3 Å². The first-order valence-electron chi connectivity index (χ1n) is 4.76. The van der Waals surface area contributed by atoms with Gasteiger partial charge in [-0.25, -0.2) is 0 Å². The van der Waals surface area contributed by atoms with Crippen LogP contribution in [0.5, 0.6) is 11.5 Å². The smallest absolute Gasteiger partial charge is 0.316 e. The molecular formula is C12H10O3S. The largest absolute Gasteiger partial charge is 0.508 e. The minimum absolute atomic E-state index is 0.0847. The molecule has 0 fully saturated rings. The van der Waals surface area contributed by atoms with Gasteiger partial charge in [-0.1, -0.05) is 12.1 Å². The average Bonchev–Trinajstić information content (AvgIpc) is 2.70. The maximum atomic E-state index is 11.5. The van der Waals surface area contributed by atoms with E-state index in [4.69, 9.17) is 4.74 Å². The molecule has 82 valence electrons. The van der Waals surface area contributed by atoms with Crippen molar-refractivity contribution < 1.29 is 14.6 Å². The molecule has 0 saturated carbocycles. The van der Waals surface area contributed by atoms with Gasteiger partial charge in [-0.3, -0.25) is 4.79 Å². The van der Waals surface area contributed by atoms with Crippen molar-refractivity contribution in [3.63, 3.8) is 0 Å². The summed E-state index contributed by atoms with van der Waals surface area (Å²) in [5.41, 5.74) is 0.